The largest absolute Gasteiger partial charge is 0.314 e. The first-order valence-electron chi connectivity index (χ1n) is 1.95. The van der Waals surface area contributed by atoms with Crippen LogP contribution in [0.15, 0.2) is 0 Å². The van der Waals surface area contributed by atoms with Crippen LogP contribution >= 0.6 is 24.0 Å². The molecule has 0 heterocycles. The van der Waals surface area contributed by atoms with E-state index in [0.717, 1.165) is 0 Å². The van der Waals surface area contributed by atoms with Crippen LogP contribution < -0.4 is 5.73 Å². The van der Waals surface area contributed by atoms with Crippen molar-refractivity contribution in [2.45, 2.75) is 12.5 Å². The molecule has 1 nitrogen and oxygen atoms in total. The van der Waals surface area contributed by atoms with Gasteiger partial charge in [-0.3, -0.25) is 0 Å². The molecule has 2 N–H and O–H groups in total. The zero-order chi connectivity index (χ0) is 5.91. The van der Waals surface area contributed by atoms with E-state index in [4.69, 9.17) is 23.8 Å². The van der Waals surface area contributed by atoms with Crippen LogP contribution in [-0.4, -0.2) is 11.4 Å². The molecule has 0 spiro atoms. The first-order valence-corrected chi connectivity index (χ1v) is 2.48. The van der Waals surface area contributed by atoms with Gasteiger partial charge in [0.15, 0.2) is 0 Å². The highest BCUT2D eigenvalue weighted by atomic mass is 35.5. The van der Waals surface area contributed by atoms with Gasteiger partial charge in [0.25, 0.3) is 0 Å². The van der Waals surface area contributed by atoms with E-state index < -0.39 is 5.54 Å². The van der Waals surface area contributed by atoms with Gasteiger partial charge in [0.1, 0.15) is 0 Å². The summed E-state index contributed by atoms with van der Waals surface area (Å²) in [4.78, 5) is 0. The summed E-state index contributed by atoms with van der Waals surface area (Å²) in [6.07, 6.45) is 4.96. The van der Waals surface area contributed by atoms with Crippen molar-refractivity contribution in [2.75, 3.05) is 5.88 Å². The predicted molar refractivity (Wildman–Crippen MR) is 39.4 cm³/mol. The minimum absolute atomic E-state index is 0. The van der Waals surface area contributed by atoms with Crippen molar-refractivity contribution in [1.82, 2.24) is 0 Å². The van der Waals surface area contributed by atoms with Gasteiger partial charge in [0, 0.05) is 0 Å². The molecule has 0 fully saturated rings. The smallest absolute Gasteiger partial charge is 0.0881 e. The average Bonchev–Trinajstić information content (AvgIpc) is 1.68. The standard InChI is InChI=1S/C5H8ClN.ClH/c1-3-5(2,7)4-6;/h1H,4,7H2,2H3;1H. The summed E-state index contributed by atoms with van der Waals surface area (Å²) in [6.45, 7) is 1.71. The molecule has 3 heteroatoms. The van der Waals surface area contributed by atoms with Crippen LogP contribution in [0.25, 0.3) is 0 Å². The van der Waals surface area contributed by atoms with E-state index in [2.05, 4.69) is 5.92 Å². The lowest BCUT2D eigenvalue weighted by molar-refractivity contribution is 0.689. The van der Waals surface area contributed by atoms with Crippen molar-refractivity contribution >= 4 is 24.0 Å². The SMILES string of the molecule is C#CC(C)(N)CCl.Cl. The minimum Gasteiger partial charge on any atom is -0.314 e. The predicted octanol–water partition coefficient (Wildman–Crippen LogP) is 0.998. The van der Waals surface area contributed by atoms with Gasteiger partial charge in [-0.2, -0.15) is 0 Å². The molecule has 0 amide bonds. The first kappa shape index (κ1) is 11.0. The van der Waals surface area contributed by atoms with Crippen molar-refractivity contribution < 1.29 is 0 Å². The summed E-state index contributed by atoms with van der Waals surface area (Å²) in [5, 5.41) is 0. The van der Waals surface area contributed by atoms with Crippen LogP contribution in [0.3, 0.4) is 0 Å². The summed E-state index contributed by atoms with van der Waals surface area (Å²) in [6, 6.07) is 0. The number of terminal acetylenes is 1. The van der Waals surface area contributed by atoms with Crippen molar-refractivity contribution in [3.8, 4) is 12.3 Å². The molecule has 0 rings (SSSR count). The number of halogens is 2. The molecule has 1 atom stereocenters. The quantitative estimate of drug-likeness (QED) is 0.442. The first-order chi connectivity index (χ1) is 3.12. The highest BCUT2D eigenvalue weighted by Crippen LogP contribution is 1.97. The number of hydrogen-bond donors (Lipinski definition) is 1. The molecular weight excluding hydrogens is 145 g/mol. The Balaban J connectivity index is 0. The van der Waals surface area contributed by atoms with E-state index in [1.807, 2.05) is 0 Å². The zero-order valence-electron chi connectivity index (χ0n) is 4.65. The average molecular weight is 154 g/mol. The maximum absolute atomic E-state index is 5.35. The monoisotopic (exact) mass is 153 g/mol. The van der Waals surface area contributed by atoms with Gasteiger partial charge >= 0.3 is 0 Å². The van der Waals surface area contributed by atoms with Crippen LogP contribution in [0.5, 0.6) is 0 Å². The third-order valence-electron chi connectivity index (χ3n) is 0.607. The molecule has 0 aliphatic carbocycles. The van der Waals surface area contributed by atoms with E-state index in [0.29, 0.717) is 5.88 Å². The van der Waals surface area contributed by atoms with Crippen LogP contribution in [-0.2, 0) is 0 Å². The highest BCUT2D eigenvalue weighted by Gasteiger charge is 2.10. The van der Waals surface area contributed by atoms with E-state index in [1.54, 1.807) is 6.92 Å². The van der Waals surface area contributed by atoms with Gasteiger partial charge in [-0.05, 0) is 6.92 Å². The fourth-order valence-corrected chi connectivity index (χ4v) is 0.116. The van der Waals surface area contributed by atoms with Gasteiger partial charge in [-0.15, -0.1) is 30.4 Å². The number of hydrogen-bond acceptors (Lipinski definition) is 1. The summed E-state index contributed by atoms with van der Waals surface area (Å²) >= 11 is 5.33. The van der Waals surface area contributed by atoms with Gasteiger partial charge in [-0.25, -0.2) is 0 Å². The summed E-state index contributed by atoms with van der Waals surface area (Å²) in [5.74, 6) is 2.65. The van der Waals surface area contributed by atoms with Crippen LogP contribution in [0.2, 0.25) is 0 Å². The molecule has 1 unspecified atom stereocenters. The third kappa shape index (κ3) is 4.26. The second-order valence-corrected chi connectivity index (χ2v) is 1.96. The second-order valence-electron chi connectivity index (χ2n) is 1.70. The Kier molecular flexibility index (Phi) is 5.52. The molecule has 0 aliphatic rings. The Labute approximate surface area is 61.0 Å². The maximum Gasteiger partial charge on any atom is 0.0881 e. The number of rotatable bonds is 1. The molecule has 0 bridgehead atoms. The molecule has 0 aromatic rings. The molecule has 0 aromatic heterocycles. The van der Waals surface area contributed by atoms with E-state index >= 15 is 0 Å². The summed E-state index contributed by atoms with van der Waals surface area (Å²) in [5.41, 5.74) is 4.72. The lowest BCUT2D eigenvalue weighted by Crippen LogP contribution is -2.35. The van der Waals surface area contributed by atoms with Crippen molar-refractivity contribution in [1.29, 1.82) is 0 Å². The molecule has 0 saturated carbocycles. The molecule has 48 valence electrons. The highest BCUT2D eigenvalue weighted by molar-refractivity contribution is 6.18. The van der Waals surface area contributed by atoms with Gasteiger partial charge in [-0.1, -0.05) is 5.92 Å². The van der Waals surface area contributed by atoms with Crippen LogP contribution in [0.4, 0.5) is 0 Å². The fourth-order valence-electron chi connectivity index (χ4n) is 0.0386. The minimum atomic E-state index is -0.623. The Morgan fingerprint density at radius 2 is 2.25 bits per heavy atom. The molecule has 0 aromatic carbocycles. The third-order valence-corrected chi connectivity index (χ3v) is 1.16. The zero-order valence-corrected chi connectivity index (χ0v) is 6.22. The fraction of sp³-hybridized carbons (Fsp3) is 0.600. The van der Waals surface area contributed by atoms with Gasteiger partial charge in [0.05, 0.1) is 11.4 Å². The lowest BCUT2D eigenvalue weighted by Gasteiger charge is -2.10. The lowest BCUT2D eigenvalue weighted by atomic mass is 10.1. The normalized spacial score (nSPS) is 15.2. The Morgan fingerprint density at radius 3 is 2.25 bits per heavy atom. The van der Waals surface area contributed by atoms with Gasteiger partial charge in [0.2, 0.25) is 0 Å². The maximum atomic E-state index is 5.35. The Hall–Kier alpha value is 0.100. The van der Waals surface area contributed by atoms with Crippen molar-refractivity contribution in [3.63, 3.8) is 0 Å². The van der Waals surface area contributed by atoms with Crippen molar-refractivity contribution in [3.05, 3.63) is 0 Å². The molecule has 8 heavy (non-hydrogen) atoms. The molecule has 0 radical (unpaired) electrons. The Bertz CT molecular complexity index is 93.1. The molecule has 0 aliphatic heterocycles. The molecule has 0 saturated heterocycles. The summed E-state index contributed by atoms with van der Waals surface area (Å²) in [7, 11) is 0. The topological polar surface area (TPSA) is 26.0 Å². The van der Waals surface area contributed by atoms with Crippen molar-refractivity contribution in [2.24, 2.45) is 5.73 Å². The van der Waals surface area contributed by atoms with E-state index in [-0.39, 0.29) is 12.4 Å². The van der Waals surface area contributed by atoms with E-state index in [9.17, 15) is 0 Å². The molecular formula is C5H9Cl2N. The number of alkyl halides is 1. The van der Waals surface area contributed by atoms with Gasteiger partial charge < -0.3 is 5.73 Å². The second kappa shape index (κ2) is 4.03. The summed E-state index contributed by atoms with van der Waals surface area (Å²) < 4.78 is 0. The van der Waals surface area contributed by atoms with E-state index in [1.165, 1.54) is 0 Å². The van der Waals surface area contributed by atoms with Crippen LogP contribution in [0.1, 0.15) is 6.92 Å². The van der Waals surface area contributed by atoms with Crippen LogP contribution in [0, 0.1) is 12.3 Å². The Morgan fingerprint density at radius 1 is 1.88 bits per heavy atom. The number of nitrogens with two attached hydrogens (primary N) is 1.